The van der Waals surface area contributed by atoms with Gasteiger partial charge >= 0.3 is 0 Å². The fourth-order valence-corrected chi connectivity index (χ4v) is 3.25. The molecule has 108 valence electrons. The molecule has 1 aliphatic heterocycles. The largest absolute Gasteiger partial charge is 0.352 e. The van der Waals surface area contributed by atoms with Gasteiger partial charge in [-0.25, -0.2) is 0 Å². The Bertz CT molecular complexity index is 674. The Morgan fingerprint density at radius 2 is 1.90 bits per heavy atom. The van der Waals surface area contributed by atoms with Crippen LogP contribution in [0.25, 0.3) is 0 Å². The summed E-state index contributed by atoms with van der Waals surface area (Å²) in [6.45, 7) is 0.741. The number of nitrogens with two attached hydrogens (primary N) is 1. The summed E-state index contributed by atoms with van der Waals surface area (Å²) in [6.07, 6.45) is 0. The van der Waals surface area contributed by atoms with Gasteiger partial charge in [-0.05, 0) is 23.8 Å². The van der Waals surface area contributed by atoms with E-state index in [9.17, 15) is 4.79 Å². The lowest BCUT2D eigenvalue weighted by molar-refractivity contribution is -0.115. The molecule has 1 heterocycles. The van der Waals surface area contributed by atoms with Crippen LogP contribution in [0.1, 0.15) is 11.6 Å². The van der Waals surface area contributed by atoms with Crippen LogP contribution in [0.3, 0.4) is 0 Å². The number of amides is 1. The minimum Gasteiger partial charge on any atom is -0.352 e. The average Bonchev–Trinajstić information content (AvgIpc) is 2.49. The summed E-state index contributed by atoms with van der Waals surface area (Å²) in [4.78, 5) is 14.0. The number of carbonyl (C=O) groups is 1. The van der Waals surface area contributed by atoms with E-state index in [1.54, 1.807) is 0 Å². The van der Waals surface area contributed by atoms with Crippen LogP contribution in [0.5, 0.6) is 0 Å². The highest BCUT2D eigenvalue weighted by Crippen LogP contribution is 2.36. The molecule has 0 bridgehead atoms. The molecule has 2 aromatic carbocycles. The van der Waals surface area contributed by atoms with Crippen molar-refractivity contribution in [2.24, 2.45) is 5.73 Å². The topological polar surface area (TPSA) is 58.4 Å². The summed E-state index contributed by atoms with van der Waals surface area (Å²) in [5.74, 6) is -0.0146. The number of fused-ring (bicyclic) bond motifs is 1. The molecule has 2 aromatic rings. The SMILES string of the molecule is NCC(c1ccccc1Br)N1CC(=O)Nc2ccccc21. The zero-order valence-electron chi connectivity index (χ0n) is 11.4. The van der Waals surface area contributed by atoms with Crippen molar-refractivity contribution in [3.8, 4) is 0 Å². The van der Waals surface area contributed by atoms with Crippen molar-refractivity contribution < 1.29 is 4.79 Å². The second-order valence-corrected chi connectivity index (χ2v) is 5.82. The first-order valence-electron chi connectivity index (χ1n) is 6.80. The van der Waals surface area contributed by atoms with Crippen LogP contribution in [-0.4, -0.2) is 19.0 Å². The van der Waals surface area contributed by atoms with Crippen molar-refractivity contribution in [2.75, 3.05) is 23.3 Å². The van der Waals surface area contributed by atoms with Gasteiger partial charge in [0.2, 0.25) is 5.91 Å². The normalized spacial score (nSPS) is 15.3. The van der Waals surface area contributed by atoms with Crippen LogP contribution in [0.15, 0.2) is 53.0 Å². The van der Waals surface area contributed by atoms with E-state index in [-0.39, 0.29) is 11.9 Å². The van der Waals surface area contributed by atoms with E-state index in [1.807, 2.05) is 48.5 Å². The van der Waals surface area contributed by atoms with Gasteiger partial charge in [0.15, 0.2) is 0 Å². The fourth-order valence-electron chi connectivity index (χ4n) is 2.70. The lowest BCUT2D eigenvalue weighted by Crippen LogP contribution is -2.43. The van der Waals surface area contributed by atoms with Crippen LogP contribution < -0.4 is 16.0 Å². The number of benzene rings is 2. The number of hydrogen-bond donors (Lipinski definition) is 2. The number of halogens is 1. The van der Waals surface area contributed by atoms with Crippen molar-refractivity contribution in [3.63, 3.8) is 0 Å². The average molecular weight is 346 g/mol. The summed E-state index contributed by atoms with van der Waals surface area (Å²) >= 11 is 3.58. The molecule has 0 saturated carbocycles. The van der Waals surface area contributed by atoms with E-state index in [4.69, 9.17) is 5.73 Å². The van der Waals surface area contributed by atoms with E-state index in [0.29, 0.717) is 13.1 Å². The number of nitrogens with one attached hydrogen (secondary N) is 1. The van der Waals surface area contributed by atoms with Gasteiger partial charge in [0.25, 0.3) is 0 Å². The van der Waals surface area contributed by atoms with Gasteiger partial charge in [-0.15, -0.1) is 0 Å². The number of hydrogen-bond acceptors (Lipinski definition) is 3. The van der Waals surface area contributed by atoms with E-state index >= 15 is 0 Å². The molecule has 0 fully saturated rings. The van der Waals surface area contributed by atoms with Crippen molar-refractivity contribution in [2.45, 2.75) is 6.04 Å². The Labute approximate surface area is 132 Å². The van der Waals surface area contributed by atoms with Crippen LogP contribution in [0.4, 0.5) is 11.4 Å². The molecule has 21 heavy (non-hydrogen) atoms. The lowest BCUT2D eigenvalue weighted by Gasteiger charge is -2.37. The maximum absolute atomic E-state index is 12.0. The molecule has 1 aliphatic rings. The lowest BCUT2D eigenvalue weighted by atomic mass is 10.0. The third-order valence-corrected chi connectivity index (χ3v) is 4.39. The minimum atomic E-state index is -0.0484. The van der Waals surface area contributed by atoms with E-state index in [2.05, 4.69) is 26.1 Å². The predicted molar refractivity (Wildman–Crippen MR) is 88.4 cm³/mol. The molecule has 1 unspecified atom stereocenters. The van der Waals surface area contributed by atoms with Gasteiger partial charge in [0.1, 0.15) is 0 Å². The molecule has 1 amide bonds. The maximum atomic E-state index is 12.0. The highest BCUT2D eigenvalue weighted by molar-refractivity contribution is 9.10. The number of anilines is 2. The van der Waals surface area contributed by atoms with E-state index in [0.717, 1.165) is 21.4 Å². The number of nitrogens with zero attached hydrogens (tertiary/aromatic N) is 1. The number of para-hydroxylation sites is 2. The monoisotopic (exact) mass is 345 g/mol. The number of rotatable bonds is 3. The van der Waals surface area contributed by atoms with E-state index < -0.39 is 0 Å². The Balaban J connectivity index is 2.06. The zero-order chi connectivity index (χ0) is 14.8. The summed E-state index contributed by atoms with van der Waals surface area (Å²) in [7, 11) is 0. The Morgan fingerprint density at radius 1 is 1.19 bits per heavy atom. The summed E-state index contributed by atoms with van der Waals surface area (Å²) in [5, 5.41) is 2.90. The van der Waals surface area contributed by atoms with Gasteiger partial charge in [0, 0.05) is 11.0 Å². The quantitative estimate of drug-likeness (QED) is 0.899. The van der Waals surface area contributed by atoms with Gasteiger partial charge in [-0.2, -0.15) is 0 Å². The fraction of sp³-hybridized carbons (Fsp3) is 0.188. The van der Waals surface area contributed by atoms with Crippen LogP contribution in [0, 0.1) is 0 Å². The van der Waals surface area contributed by atoms with Crippen molar-refractivity contribution >= 4 is 33.2 Å². The standard InChI is InChI=1S/C16H16BrN3O/c17-12-6-2-1-5-11(12)15(9-18)20-10-16(21)19-13-7-3-4-8-14(13)20/h1-8,15H,9-10,18H2,(H,19,21). The molecular weight excluding hydrogens is 330 g/mol. The molecule has 0 radical (unpaired) electrons. The first-order valence-corrected chi connectivity index (χ1v) is 7.60. The molecule has 0 aliphatic carbocycles. The van der Waals surface area contributed by atoms with Gasteiger partial charge in [-0.3, -0.25) is 4.79 Å². The van der Waals surface area contributed by atoms with Gasteiger partial charge in [0.05, 0.1) is 24.0 Å². The highest BCUT2D eigenvalue weighted by Gasteiger charge is 2.28. The minimum absolute atomic E-state index is 0.0146. The van der Waals surface area contributed by atoms with Crippen LogP contribution >= 0.6 is 15.9 Å². The number of carbonyl (C=O) groups excluding carboxylic acids is 1. The third kappa shape index (κ3) is 2.66. The molecule has 0 aromatic heterocycles. The second kappa shape index (κ2) is 5.87. The Kier molecular flexibility index (Phi) is 3.94. The summed E-state index contributed by atoms with van der Waals surface area (Å²) in [6, 6.07) is 15.7. The van der Waals surface area contributed by atoms with Crippen molar-refractivity contribution in [3.05, 3.63) is 58.6 Å². The maximum Gasteiger partial charge on any atom is 0.243 e. The van der Waals surface area contributed by atoms with Crippen molar-refractivity contribution in [1.29, 1.82) is 0 Å². The van der Waals surface area contributed by atoms with Gasteiger partial charge < -0.3 is 16.0 Å². The Hall–Kier alpha value is -1.85. The van der Waals surface area contributed by atoms with Crippen LogP contribution in [0.2, 0.25) is 0 Å². The molecule has 3 rings (SSSR count). The second-order valence-electron chi connectivity index (χ2n) is 4.97. The highest BCUT2D eigenvalue weighted by atomic mass is 79.9. The molecule has 1 atom stereocenters. The Morgan fingerprint density at radius 3 is 2.67 bits per heavy atom. The molecule has 4 nitrogen and oxygen atoms in total. The van der Waals surface area contributed by atoms with Crippen LogP contribution in [-0.2, 0) is 4.79 Å². The smallest absolute Gasteiger partial charge is 0.243 e. The molecule has 5 heteroatoms. The first kappa shape index (κ1) is 14.1. The first-order chi connectivity index (χ1) is 10.2. The van der Waals surface area contributed by atoms with Crippen molar-refractivity contribution in [1.82, 2.24) is 0 Å². The molecule has 0 spiro atoms. The molecule has 3 N–H and O–H groups in total. The molecular formula is C16H16BrN3O. The van der Waals surface area contributed by atoms with E-state index in [1.165, 1.54) is 0 Å². The zero-order valence-corrected chi connectivity index (χ0v) is 13.0. The predicted octanol–water partition coefficient (Wildman–Crippen LogP) is 2.91. The third-order valence-electron chi connectivity index (χ3n) is 3.67. The van der Waals surface area contributed by atoms with Gasteiger partial charge in [-0.1, -0.05) is 46.3 Å². The summed E-state index contributed by atoms with van der Waals surface area (Å²) in [5.41, 5.74) is 8.94. The molecule has 0 saturated heterocycles. The summed E-state index contributed by atoms with van der Waals surface area (Å²) < 4.78 is 1.00.